The Morgan fingerprint density at radius 1 is 1.42 bits per heavy atom. The Balaban J connectivity index is 1.84. The van der Waals surface area contributed by atoms with Gasteiger partial charge in [0, 0.05) is 32.2 Å². The molecule has 1 aromatic carbocycles. The molecular formula is C13H15Cl2N2O2. The molecule has 0 bridgehead atoms. The summed E-state index contributed by atoms with van der Waals surface area (Å²) in [7, 11) is 0. The Labute approximate surface area is 122 Å². The van der Waals surface area contributed by atoms with Crippen LogP contribution in [-0.4, -0.2) is 50.2 Å². The molecule has 1 aromatic rings. The summed E-state index contributed by atoms with van der Waals surface area (Å²) < 4.78 is 5.26. The number of nitrogens with one attached hydrogen (secondary N) is 1. The second kappa shape index (κ2) is 7.10. The lowest BCUT2D eigenvalue weighted by molar-refractivity contribution is 0.0383. The van der Waals surface area contributed by atoms with Gasteiger partial charge >= 0.3 is 0 Å². The van der Waals surface area contributed by atoms with Crippen molar-refractivity contribution in [3.05, 3.63) is 33.8 Å². The van der Waals surface area contributed by atoms with E-state index in [4.69, 9.17) is 27.9 Å². The number of benzene rings is 1. The van der Waals surface area contributed by atoms with Gasteiger partial charge in [0.2, 0.25) is 0 Å². The quantitative estimate of drug-likeness (QED) is 0.923. The molecule has 1 aliphatic heterocycles. The lowest BCUT2D eigenvalue weighted by Crippen LogP contribution is -2.41. The van der Waals surface area contributed by atoms with Crippen LogP contribution in [0.25, 0.3) is 0 Å². The fraction of sp³-hybridized carbons (Fsp3) is 0.462. The van der Waals surface area contributed by atoms with E-state index >= 15 is 0 Å². The molecule has 0 saturated carbocycles. The Morgan fingerprint density at radius 3 is 2.84 bits per heavy atom. The first kappa shape index (κ1) is 14.6. The SMILES string of the molecule is O=C(NCCN1CCOCC1)c1c(Cl)[c]ccc1Cl. The van der Waals surface area contributed by atoms with Gasteiger partial charge in [0.1, 0.15) is 0 Å². The van der Waals surface area contributed by atoms with Crippen molar-refractivity contribution in [3.63, 3.8) is 0 Å². The zero-order valence-electron chi connectivity index (χ0n) is 10.4. The fourth-order valence-corrected chi connectivity index (χ4v) is 2.44. The normalized spacial score (nSPS) is 16.3. The van der Waals surface area contributed by atoms with E-state index in [0.29, 0.717) is 11.6 Å². The van der Waals surface area contributed by atoms with Crippen LogP contribution in [0.15, 0.2) is 12.1 Å². The average molecular weight is 302 g/mol. The van der Waals surface area contributed by atoms with Gasteiger partial charge in [-0.15, -0.1) is 0 Å². The van der Waals surface area contributed by atoms with Crippen LogP contribution in [-0.2, 0) is 4.74 Å². The van der Waals surface area contributed by atoms with Crippen molar-refractivity contribution in [2.45, 2.75) is 0 Å². The van der Waals surface area contributed by atoms with Crippen molar-refractivity contribution in [2.24, 2.45) is 0 Å². The molecule has 0 aromatic heterocycles. The first-order chi connectivity index (χ1) is 9.18. The van der Waals surface area contributed by atoms with Crippen molar-refractivity contribution in [3.8, 4) is 0 Å². The molecule has 1 saturated heterocycles. The van der Waals surface area contributed by atoms with Crippen LogP contribution >= 0.6 is 23.2 Å². The summed E-state index contributed by atoms with van der Waals surface area (Å²) in [5.74, 6) is -0.264. The summed E-state index contributed by atoms with van der Waals surface area (Å²) >= 11 is 11.9. The van der Waals surface area contributed by atoms with E-state index in [1.54, 1.807) is 12.1 Å². The number of morpholine rings is 1. The molecule has 0 atom stereocenters. The first-order valence-electron chi connectivity index (χ1n) is 6.12. The largest absolute Gasteiger partial charge is 0.379 e. The maximum absolute atomic E-state index is 12.0. The van der Waals surface area contributed by atoms with Crippen LogP contribution in [0.5, 0.6) is 0 Å². The molecule has 103 valence electrons. The number of amides is 1. The highest BCUT2D eigenvalue weighted by Crippen LogP contribution is 2.23. The number of halogens is 2. The standard InChI is InChI=1S/C13H15Cl2N2O2/c14-10-2-1-3-11(15)12(10)13(18)16-4-5-17-6-8-19-9-7-17/h1-2H,4-9H2,(H,16,18). The van der Waals surface area contributed by atoms with Crippen molar-refractivity contribution < 1.29 is 9.53 Å². The molecule has 6 heteroatoms. The zero-order chi connectivity index (χ0) is 13.7. The molecule has 1 fully saturated rings. The molecule has 4 nitrogen and oxygen atoms in total. The summed E-state index contributed by atoms with van der Waals surface area (Å²) in [5.41, 5.74) is 0.285. The minimum absolute atomic E-state index is 0.247. The van der Waals surface area contributed by atoms with Crippen LogP contribution in [0.1, 0.15) is 10.4 Å². The number of carbonyl (C=O) groups excluding carboxylic acids is 1. The lowest BCUT2D eigenvalue weighted by atomic mass is 10.2. The predicted octanol–water partition coefficient (Wildman–Crippen LogP) is 1.86. The minimum atomic E-state index is -0.264. The second-order valence-corrected chi connectivity index (χ2v) is 5.01. The van der Waals surface area contributed by atoms with Crippen LogP contribution in [0.3, 0.4) is 0 Å². The van der Waals surface area contributed by atoms with Crippen molar-refractivity contribution in [2.75, 3.05) is 39.4 Å². The van der Waals surface area contributed by atoms with E-state index in [0.717, 1.165) is 32.8 Å². The van der Waals surface area contributed by atoms with Gasteiger partial charge in [0.15, 0.2) is 0 Å². The van der Waals surface area contributed by atoms with E-state index in [2.05, 4.69) is 16.3 Å². The third kappa shape index (κ3) is 4.08. The van der Waals surface area contributed by atoms with Gasteiger partial charge in [0.05, 0.1) is 28.8 Å². The average Bonchev–Trinajstić information content (AvgIpc) is 2.40. The summed E-state index contributed by atoms with van der Waals surface area (Å²) in [4.78, 5) is 14.2. The number of nitrogens with zero attached hydrogens (tertiary/aromatic N) is 1. The first-order valence-corrected chi connectivity index (χ1v) is 6.88. The minimum Gasteiger partial charge on any atom is -0.379 e. The van der Waals surface area contributed by atoms with Crippen LogP contribution in [0.2, 0.25) is 10.0 Å². The highest BCUT2D eigenvalue weighted by molar-refractivity contribution is 6.39. The molecule has 1 amide bonds. The lowest BCUT2D eigenvalue weighted by Gasteiger charge is -2.26. The Hall–Kier alpha value is -0.810. The van der Waals surface area contributed by atoms with Crippen molar-refractivity contribution in [1.29, 1.82) is 0 Å². The summed E-state index contributed by atoms with van der Waals surface area (Å²) in [6.07, 6.45) is 0. The number of carbonyl (C=O) groups is 1. The second-order valence-electron chi connectivity index (χ2n) is 4.22. The van der Waals surface area contributed by atoms with E-state index < -0.39 is 0 Å². The van der Waals surface area contributed by atoms with Gasteiger partial charge in [-0.1, -0.05) is 29.3 Å². The Morgan fingerprint density at radius 2 is 2.16 bits per heavy atom. The molecular weight excluding hydrogens is 287 g/mol. The number of hydrogen-bond donors (Lipinski definition) is 1. The Bertz CT molecular complexity index is 428. The molecule has 1 aliphatic rings. The fourth-order valence-electron chi connectivity index (χ4n) is 1.90. The molecule has 2 rings (SSSR count). The maximum atomic E-state index is 12.0. The zero-order valence-corrected chi connectivity index (χ0v) is 11.9. The van der Waals surface area contributed by atoms with Gasteiger partial charge < -0.3 is 10.1 Å². The highest BCUT2D eigenvalue weighted by atomic mass is 35.5. The number of hydrogen-bond acceptors (Lipinski definition) is 3. The Kier molecular flexibility index (Phi) is 5.45. The van der Waals surface area contributed by atoms with Crippen molar-refractivity contribution in [1.82, 2.24) is 10.2 Å². The van der Waals surface area contributed by atoms with E-state index in [1.165, 1.54) is 0 Å². The molecule has 0 aliphatic carbocycles. The van der Waals surface area contributed by atoms with Gasteiger partial charge in [-0.05, 0) is 6.07 Å². The van der Waals surface area contributed by atoms with Gasteiger partial charge in [-0.2, -0.15) is 0 Å². The molecule has 1 N–H and O–H groups in total. The molecule has 1 radical (unpaired) electrons. The molecule has 19 heavy (non-hydrogen) atoms. The van der Waals surface area contributed by atoms with Crippen LogP contribution in [0, 0.1) is 6.07 Å². The smallest absolute Gasteiger partial charge is 0.254 e. The van der Waals surface area contributed by atoms with E-state index in [9.17, 15) is 4.79 Å². The summed E-state index contributed by atoms with van der Waals surface area (Å²) in [6, 6.07) is 5.95. The van der Waals surface area contributed by atoms with Crippen LogP contribution < -0.4 is 5.32 Å². The van der Waals surface area contributed by atoms with Crippen LogP contribution in [0.4, 0.5) is 0 Å². The predicted molar refractivity (Wildman–Crippen MR) is 74.9 cm³/mol. The summed E-state index contributed by atoms with van der Waals surface area (Å²) in [6.45, 7) is 4.65. The third-order valence-electron chi connectivity index (χ3n) is 2.94. The maximum Gasteiger partial charge on any atom is 0.254 e. The molecule has 1 heterocycles. The van der Waals surface area contributed by atoms with Gasteiger partial charge in [-0.3, -0.25) is 9.69 Å². The van der Waals surface area contributed by atoms with Gasteiger partial charge in [0.25, 0.3) is 5.91 Å². The topological polar surface area (TPSA) is 41.6 Å². The molecule has 0 unspecified atom stereocenters. The van der Waals surface area contributed by atoms with Gasteiger partial charge in [-0.25, -0.2) is 0 Å². The number of ether oxygens (including phenoxy) is 1. The summed E-state index contributed by atoms with van der Waals surface area (Å²) in [5, 5.41) is 3.40. The third-order valence-corrected chi connectivity index (χ3v) is 3.56. The number of rotatable bonds is 4. The highest BCUT2D eigenvalue weighted by Gasteiger charge is 2.15. The van der Waals surface area contributed by atoms with E-state index in [1.807, 2.05) is 0 Å². The van der Waals surface area contributed by atoms with E-state index in [-0.39, 0.29) is 16.5 Å². The monoisotopic (exact) mass is 301 g/mol. The van der Waals surface area contributed by atoms with Crippen molar-refractivity contribution >= 4 is 29.1 Å². The molecule has 0 spiro atoms.